The molecule has 2 heterocycles. The van der Waals surface area contributed by atoms with Gasteiger partial charge in [0, 0.05) is 5.69 Å². The molecule has 1 amide bonds. The zero-order valence-electron chi connectivity index (χ0n) is 14.8. The molecular weight excluding hydrogens is 373 g/mol. The molecule has 9 heteroatoms. The van der Waals surface area contributed by atoms with E-state index in [0.29, 0.717) is 21.0 Å². The summed E-state index contributed by atoms with van der Waals surface area (Å²) in [6.45, 7) is 3.19. The Morgan fingerprint density at radius 1 is 1.30 bits per heavy atom. The highest BCUT2D eigenvalue weighted by molar-refractivity contribution is 7.20. The number of fused-ring (bicyclic) bond motifs is 1. The molecule has 2 aromatic heterocycles. The Hall–Kier alpha value is -3.07. The average molecular weight is 389 g/mol. The number of rotatable bonds is 4. The predicted molar refractivity (Wildman–Crippen MR) is 99.7 cm³/mol. The van der Waals surface area contributed by atoms with Gasteiger partial charge < -0.3 is 10.1 Å². The van der Waals surface area contributed by atoms with Gasteiger partial charge in [-0.05, 0) is 43.7 Å². The van der Waals surface area contributed by atoms with Crippen molar-refractivity contribution >= 4 is 39.1 Å². The van der Waals surface area contributed by atoms with Crippen LogP contribution >= 0.6 is 11.3 Å². The summed E-state index contributed by atoms with van der Waals surface area (Å²) in [7, 11) is 1.26. The number of carbonyl (C=O) groups is 2. The number of hydrogen-bond acceptors (Lipinski definition) is 6. The summed E-state index contributed by atoms with van der Waals surface area (Å²) in [5, 5.41) is 2.91. The van der Waals surface area contributed by atoms with Gasteiger partial charge in [-0.2, -0.15) is 0 Å². The van der Waals surface area contributed by atoms with Crippen LogP contribution in [-0.4, -0.2) is 28.5 Å². The van der Waals surface area contributed by atoms with Crippen LogP contribution in [0.25, 0.3) is 10.2 Å². The highest BCUT2D eigenvalue weighted by atomic mass is 32.1. The predicted octanol–water partition coefficient (Wildman–Crippen LogP) is 2.89. The van der Waals surface area contributed by atoms with E-state index in [9.17, 15) is 18.8 Å². The average Bonchev–Trinajstić information content (AvgIpc) is 3.00. The number of methoxy groups -OCH3 is 1. The molecule has 0 unspecified atom stereocenters. The maximum absolute atomic E-state index is 13.0. The number of aromatic nitrogens is 2. The second kappa shape index (κ2) is 7.28. The van der Waals surface area contributed by atoms with Crippen molar-refractivity contribution in [2.45, 2.75) is 19.9 Å². The lowest BCUT2D eigenvalue weighted by Gasteiger charge is -2.15. The van der Waals surface area contributed by atoms with Crippen LogP contribution in [0, 0.1) is 12.7 Å². The van der Waals surface area contributed by atoms with E-state index >= 15 is 0 Å². The molecule has 140 valence electrons. The summed E-state index contributed by atoms with van der Waals surface area (Å²) in [6.07, 6.45) is 1.27. The summed E-state index contributed by atoms with van der Waals surface area (Å²) in [5.74, 6) is -1.41. The first-order chi connectivity index (χ1) is 12.8. The Labute approximate surface area is 157 Å². The number of carbonyl (C=O) groups excluding carboxylic acids is 2. The smallest absolute Gasteiger partial charge is 0.348 e. The number of esters is 1. The summed E-state index contributed by atoms with van der Waals surface area (Å²) in [5.41, 5.74) is 0.459. The largest absolute Gasteiger partial charge is 0.465 e. The third-order valence-electron chi connectivity index (χ3n) is 4.16. The van der Waals surface area contributed by atoms with E-state index in [2.05, 4.69) is 10.3 Å². The van der Waals surface area contributed by atoms with Crippen LogP contribution in [0.3, 0.4) is 0 Å². The zero-order chi connectivity index (χ0) is 19.7. The lowest BCUT2D eigenvalue weighted by Crippen LogP contribution is -2.31. The molecule has 0 radical (unpaired) electrons. The second-order valence-electron chi connectivity index (χ2n) is 5.86. The molecule has 0 aliphatic heterocycles. The van der Waals surface area contributed by atoms with Gasteiger partial charge in [0.1, 0.15) is 21.6 Å². The third kappa shape index (κ3) is 3.45. The van der Waals surface area contributed by atoms with Crippen molar-refractivity contribution in [3.63, 3.8) is 0 Å². The molecule has 0 saturated carbocycles. The van der Waals surface area contributed by atoms with Crippen molar-refractivity contribution < 1.29 is 18.7 Å². The maximum atomic E-state index is 13.0. The quantitative estimate of drug-likeness (QED) is 0.693. The second-order valence-corrected chi connectivity index (χ2v) is 6.86. The number of anilines is 1. The van der Waals surface area contributed by atoms with Crippen molar-refractivity contribution in [3.05, 3.63) is 57.2 Å². The van der Waals surface area contributed by atoms with Crippen molar-refractivity contribution in [1.82, 2.24) is 9.55 Å². The number of aryl methyl sites for hydroxylation is 1. The summed E-state index contributed by atoms with van der Waals surface area (Å²) in [4.78, 5) is 42.1. The highest BCUT2D eigenvalue weighted by Crippen LogP contribution is 2.27. The molecule has 0 bridgehead atoms. The van der Waals surface area contributed by atoms with Crippen molar-refractivity contribution in [3.8, 4) is 0 Å². The summed E-state index contributed by atoms with van der Waals surface area (Å²) >= 11 is 1.07. The first kappa shape index (κ1) is 18.7. The number of halogens is 1. The van der Waals surface area contributed by atoms with E-state index in [1.807, 2.05) is 0 Å². The van der Waals surface area contributed by atoms with Gasteiger partial charge in [0.05, 0.1) is 18.8 Å². The number of benzene rings is 1. The Kier molecular flexibility index (Phi) is 5.04. The van der Waals surface area contributed by atoms with Crippen LogP contribution in [-0.2, 0) is 9.53 Å². The Morgan fingerprint density at radius 2 is 1.96 bits per heavy atom. The van der Waals surface area contributed by atoms with Crippen LogP contribution in [0.15, 0.2) is 35.4 Å². The Morgan fingerprint density at radius 3 is 2.59 bits per heavy atom. The molecule has 0 fully saturated rings. The lowest BCUT2D eigenvalue weighted by atomic mass is 10.2. The van der Waals surface area contributed by atoms with Crippen molar-refractivity contribution in [2.75, 3.05) is 12.4 Å². The van der Waals surface area contributed by atoms with Crippen molar-refractivity contribution in [1.29, 1.82) is 0 Å². The number of nitrogens with one attached hydrogen (secondary N) is 1. The topological polar surface area (TPSA) is 90.3 Å². The van der Waals surface area contributed by atoms with Gasteiger partial charge in [0.25, 0.3) is 5.56 Å². The van der Waals surface area contributed by atoms with Crippen LogP contribution in [0.4, 0.5) is 10.1 Å². The lowest BCUT2D eigenvalue weighted by molar-refractivity contribution is -0.118. The van der Waals surface area contributed by atoms with Crippen LogP contribution in [0.2, 0.25) is 0 Å². The standard InChI is InChI=1S/C18H16FN3O4S/c1-9-13-16(27-14(9)18(25)26-3)20-8-22(17(13)24)10(2)15(23)21-12-6-4-11(19)5-7-12/h4-8,10H,1-3H3,(H,21,23)/t10-/m0/s1. The van der Waals surface area contributed by atoms with E-state index < -0.39 is 29.3 Å². The molecule has 0 aliphatic carbocycles. The van der Waals surface area contributed by atoms with E-state index in [4.69, 9.17) is 4.74 Å². The molecule has 3 aromatic rings. The van der Waals surface area contributed by atoms with E-state index in [1.54, 1.807) is 13.8 Å². The number of hydrogen-bond donors (Lipinski definition) is 1. The minimum atomic E-state index is -0.861. The van der Waals surface area contributed by atoms with Gasteiger partial charge >= 0.3 is 5.97 Å². The molecule has 27 heavy (non-hydrogen) atoms. The van der Waals surface area contributed by atoms with Crippen molar-refractivity contribution in [2.24, 2.45) is 0 Å². The van der Waals surface area contributed by atoms with E-state index in [0.717, 1.165) is 11.3 Å². The van der Waals surface area contributed by atoms with Crippen LogP contribution < -0.4 is 10.9 Å². The Balaban J connectivity index is 1.96. The summed E-state index contributed by atoms with van der Waals surface area (Å²) in [6, 6.07) is 4.44. The number of thiophene rings is 1. The molecule has 0 spiro atoms. The van der Waals surface area contributed by atoms with E-state index in [-0.39, 0.29) is 5.39 Å². The first-order valence-corrected chi connectivity index (χ1v) is 8.80. The third-order valence-corrected chi connectivity index (χ3v) is 5.34. The minimum Gasteiger partial charge on any atom is -0.465 e. The fourth-order valence-electron chi connectivity index (χ4n) is 2.61. The molecule has 1 atom stereocenters. The molecule has 1 N–H and O–H groups in total. The number of ether oxygens (including phenoxy) is 1. The van der Waals surface area contributed by atoms with Crippen LogP contribution in [0.1, 0.15) is 28.2 Å². The summed E-state index contributed by atoms with van der Waals surface area (Å²) < 4.78 is 18.9. The van der Waals surface area contributed by atoms with Crippen LogP contribution in [0.5, 0.6) is 0 Å². The van der Waals surface area contributed by atoms with Gasteiger partial charge in [0.15, 0.2) is 0 Å². The normalized spacial score (nSPS) is 12.0. The fourth-order valence-corrected chi connectivity index (χ4v) is 3.66. The highest BCUT2D eigenvalue weighted by Gasteiger charge is 2.23. The molecule has 0 saturated heterocycles. The van der Waals surface area contributed by atoms with E-state index in [1.165, 1.54) is 42.3 Å². The molecule has 1 aromatic carbocycles. The van der Waals surface area contributed by atoms with Gasteiger partial charge in [-0.15, -0.1) is 11.3 Å². The fraction of sp³-hybridized carbons (Fsp3) is 0.222. The number of amides is 1. The molecular formula is C18H16FN3O4S. The number of nitrogens with zero attached hydrogens (tertiary/aromatic N) is 2. The van der Waals surface area contributed by atoms with Gasteiger partial charge in [0.2, 0.25) is 5.91 Å². The SMILES string of the molecule is COC(=O)c1sc2ncn([C@@H](C)C(=O)Nc3ccc(F)cc3)c(=O)c2c1C. The van der Waals surface area contributed by atoms with Gasteiger partial charge in [-0.1, -0.05) is 0 Å². The monoisotopic (exact) mass is 389 g/mol. The molecule has 3 rings (SSSR count). The van der Waals surface area contributed by atoms with Gasteiger partial charge in [-0.3, -0.25) is 14.2 Å². The maximum Gasteiger partial charge on any atom is 0.348 e. The molecule has 0 aliphatic rings. The molecule has 7 nitrogen and oxygen atoms in total. The zero-order valence-corrected chi connectivity index (χ0v) is 15.6. The Bertz CT molecular complexity index is 1090. The first-order valence-electron chi connectivity index (χ1n) is 7.98. The van der Waals surface area contributed by atoms with Gasteiger partial charge in [-0.25, -0.2) is 14.2 Å². The minimum absolute atomic E-state index is 0.282.